The van der Waals surface area contributed by atoms with Crippen molar-refractivity contribution in [3.8, 4) is 0 Å². The van der Waals surface area contributed by atoms with Crippen molar-refractivity contribution in [1.29, 1.82) is 0 Å². The van der Waals surface area contributed by atoms with Gasteiger partial charge in [0.1, 0.15) is 0 Å². The molecule has 1 atom stereocenters. The first kappa shape index (κ1) is 12.4. The highest BCUT2D eigenvalue weighted by atomic mass is 32.2. The predicted octanol–water partition coefficient (Wildman–Crippen LogP) is -0.597. The van der Waals surface area contributed by atoms with Gasteiger partial charge in [0.2, 0.25) is 5.91 Å². The van der Waals surface area contributed by atoms with Crippen LogP contribution < -0.4 is 0 Å². The van der Waals surface area contributed by atoms with E-state index < -0.39 is 20.7 Å². The summed E-state index contributed by atoms with van der Waals surface area (Å²) in [7, 11) is -3.21. The van der Waals surface area contributed by atoms with Crippen molar-refractivity contribution in [2.24, 2.45) is 0 Å². The molecule has 0 bridgehead atoms. The summed E-state index contributed by atoms with van der Waals surface area (Å²) in [5.41, 5.74) is 0. The lowest BCUT2D eigenvalue weighted by atomic mass is 10.2. The zero-order valence-electron chi connectivity index (χ0n) is 9.23. The van der Waals surface area contributed by atoms with E-state index in [2.05, 4.69) is 0 Å². The van der Waals surface area contributed by atoms with E-state index in [0.29, 0.717) is 0 Å². The minimum atomic E-state index is -3.21. The number of nitrogens with zero attached hydrogens (tertiary/aromatic N) is 1. The van der Waals surface area contributed by atoms with Gasteiger partial charge in [-0.15, -0.1) is 0 Å². The molecule has 1 unspecified atom stereocenters. The Balaban J connectivity index is 2.75. The summed E-state index contributed by atoms with van der Waals surface area (Å²) < 4.78 is 21.9. The van der Waals surface area contributed by atoms with Gasteiger partial charge in [0.05, 0.1) is 17.3 Å². The largest absolute Gasteiger partial charge is 0.391 e. The number of β-amino-alcohol motifs (C(OH)–C–C–N with tert-alkyl or cyclic N) is 1. The lowest BCUT2D eigenvalue weighted by Gasteiger charge is -2.28. The van der Waals surface area contributed by atoms with Crippen LogP contribution in [0.5, 0.6) is 0 Å². The summed E-state index contributed by atoms with van der Waals surface area (Å²) in [4.78, 5) is 12.8. The molecule has 1 fully saturated rings. The summed E-state index contributed by atoms with van der Waals surface area (Å²) in [5.74, 6) is -0.181. The van der Waals surface area contributed by atoms with Crippen molar-refractivity contribution < 1.29 is 18.3 Å². The standard InChI is InChI=1S/C9H17NO4S/c1-9(2,15(3,13)14)6-10-5-7(11)4-8(10)12/h7,11H,4-6H2,1-3H3. The van der Waals surface area contributed by atoms with E-state index in [-0.39, 0.29) is 25.4 Å². The van der Waals surface area contributed by atoms with Crippen molar-refractivity contribution >= 4 is 15.7 Å². The van der Waals surface area contributed by atoms with Gasteiger partial charge in [-0.25, -0.2) is 8.42 Å². The van der Waals surface area contributed by atoms with Crippen LogP contribution in [-0.4, -0.2) is 54.5 Å². The van der Waals surface area contributed by atoms with E-state index in [1.165, 1.54) is 4.90 Å². The normalized spacial score (nSPS) is 23.6. The number of likely N-dealkylation sites (tertiary alicyclic amines) is 1. The summed E-state index contributed by atoms with van der Waals surface area (Å²) >= 11 is 0. The Morgan fingerprint density at radius 3 is 2.40 bits per heavy atom. The molecule has 1 rings (SSSR count). The fraction of sp³-hybridized carbons (Fsp3) is 0.889. The highest BCUT2D eigenvalue weighted by Gasteiger charge is 2.37. The van der Waals surface area contributed by atoms with Crippen LogP contribution in [0.4, 0.5) is 0 Å². The first-order valence-electron chi connectivity index (χ1n) is 4.79. The van der Waals surface area contributed by atoms with Crippen molar-refractivity contribution in [2.75, 3.05) is 19.3 Å². The van der Waals surface area contributed by atoms with E-state index in [0.717, 1.165) is 6.26 Å². The Kier molecular flexibility index (Phi) is 3.11. The molecule has 0 aromatic rings. The minimum Gasteiger partial charge on any atom is -0.391 e. The molecule has 1 N–H and O–H groups in total. The molecule has 15 heavy (non-hydrogen) atoms. The van der Waals surface area contributed by atoms with Crippen LogP contribution in [0.15, 0.2) is 0 Å². The Hall–Kier alpha value is -0.620. The Morgan fingerprint density at radius 2 is 2.07 bits per heavy atom. The Morgan fingerprint density at radius 1 is 1.53 bits per heavy atom. The predicted molar refractivity (Wildman–Crippen MR) is 56.1 cm³/mol. The van der Waals surface area contributed by atoms with Crippen LogP contribution >= 0.6 is 0 Å². The summed E-state index contributed by atoms with van der Waals surface area (Å²) in [6.07, 6.45) is 0.594. The van der Waals surface area contributed by atoms with E-state index in [1.54, 1.807) is 13.8 Å². The monoisotopic (exact) mass is 235 g/mol. The molecule has 5 nitrogen and oxygen atoms in total. The molecule has 1 aliphatic heterocycles. The van der Waals surface area contributed by atoms with E-state index in [9.17, 15) is 18.3 Å². The molecule has 1 saturated heterocycles. The molecule has 0 saturated carbocycles. The topological polar surface area (TPSA) is 74.7 Å². The molecular formula is C9H17NO4S. The van der Waals surface area contributed by atoms with Gasteiger partial charge in [-0.3, -0.25) is 4.79 Å². The van der Waals surface area contributed by atoms with E-state index >= 15 is 0 Å². The van der Waals surface area contributed by atoms with Gasteiger partial charge in [-0.05, 0) is 13.8 Å². The smallest absolute Gasteiger partial charge is 0.225 e. The van der Waals surface area contributed by atoms with Gasteiger partial charge in [0.15, 0.2) is 9.84 Å². The molecule has 0 spiro atoms. The number of amides is 1. The van der Waals surface area contributed by atoms with Crippen molar-refractivity contribution in [1.82, 2.24) is 4.90 Å². The zero-order valence-corrected chi connectivity index (χ0v) is 10.0. The molecule has 0 aliphatic carbocycles. The maximum absolute atomic E-state index is 11.4. The Bertz CT molecular complexity index is 360. The molecular weight excluding hydrogens is 218 g/mol. The quantitative estimate of drug-likeness (QED) is 0.709. The molecule has 0 radical (unpaired) electrons. The fourth-order valence-electron chi connectivity index (χ4n) is 1.48. The van der Waals surface area contributed by atoms with E-state index in [1.807, 2.05) is 0 Å². The second-order valence-corrected chi connectivity index (χ2v) is 7.31. The van der Waals surface area contributed by atoms with Crippen LogP contribution in [0.1, 0.15) is 20.3 Å². The molecule has 0 aromatic carbocycles. The lowest BCUT2D eigenvalue weighted by molar-refractivity contribution is -0.128. The van der Waals surface area contributed by atoms with Crippen molar-refractivity contribution in [3.05, 3.63) is 0 Å². The fourth-order valence-corrected chi connectivity index (χ4v) is 1.87. The summed E-state index contributed by atoms with van der Waals surface area (Å²) in [5, 5.41) is 9.26. The van der Waals surface area contributed by atoms with Crippen LogP contribution in [0.3, 0.4) is 0 Å². The second kappa shape index (κ2) is 3.75. The number of hydrogen-bond donors (Lipinski definition) is 1. The highest BCUT2D eigenvalue weighted by molar-refractivity contribution is 7.92. The molecule has 1 aliphatic rings. The summed E-state index contributed by atoms with van der Waals surface area (Å²) in [6.45, 7) is 3.54. The Labute approximate surface area is 90.0 Å². The molecule has 1 heterocycles. The molecule has 1 amide bonds. The third-order valence-electron chi connectivity index (χ3n) is 2.77. The van der Waals surface area contributed by atoms with Crippen molar-refractivity contribution in [2.45, 2.75) is 31.1 Å². The second-order valence-electron chi connectivity index (χ2n) is 4.66. The van der Waals surface area contributed by atoms with Crippen LogP contribution in [-0.2, 0) is 14.6 Å². The first-order chi connectivity index (χ1) is 6.63. The lowest BCUT2D eigenvalue weighted by Crippen LogP contribution is -2.44. The van der Waals surface area contributed by atoms with Crippen LogP contribution in [0.25, 0.3) is 0 Å². The third-order valence-corrected chi connectivity index (χ3v) is 4.91. The molecule has 6 heteroatoms. The van der Waals surface area contributed by atoms with Gasteiger partial charge in [-0.1, -0.05) is 0 Å². The number of aliphatic hydroxyl groups is 1. The first-order valence-corrected chi connectivity index (χ1v) is 6.68. The molecule has 88 valence electrons. The average molecular weight is 235 g/mol. The number of sulfone groups is 1. The average Bonchev–Trinajstić information content (AvgIpc) is 2.26. The highest BCUT2D eigenvalue weighted by Crippen LogP contribution is 2.20. The van der Waals surface area contributed by atoms with Gasteiger partial charge in [0.25, 0.3) is 0 Å². The van der Waals surface area contributed by atoms with Crippen molar-refractivity contribution in [3.63, 3.8) is 0 Å². The van der Waals surface area contributed by atoms with Gasteiger partial charge in [0, 0.05) is 19.3 Å². The number of carbonyl (C=O) groups is 1. The SMILES string of the molecule is CC(C)(CN1CC(O)CC1=O)S(C)(=O)=O. The zero-order chi connectivity index (χ0) is 11.9. The maximum atomic E-state index is 11.4. The maximum Gasteiger partial charge on any atom is 0.225 e. The van der Waals surface area contributed by atoms with Crippen LogP contribution in [0.2, 0.25) is 0 Å². The van der Waals surface area contributed by atoms with Gasteiger partial charge in [-0.2, -0.15) is 0 Å². The van der Waals surface area contributed by atoms with Gasteiger partial charge >= 0.3 is 0 Å². The van der Waals surface area contributed by atoms with E-state index in [4.69, 9.17) is 0 Å². The third kappa shape index (κ3) is 2.69. The summed E-state index contributed by atoms with van der Waals surface area (Å²) in [6, 6.07) is 0. The number of aliphatic hydroxyl groups excluding tert-OH is 1. The number of carbonyl (C=O) groups excluding carboxylic acids is 1. The van der Waals surface area contributed by atoms with Gasteiger partial charge < -0.3 is 10.0 Å². The number of rotatable bonds is 3. The molecule has 0 aromatic heterocycles. The number of hydrogen-bond acceptors (Lipinski definition) is 4. The minimum absolute atomic E-state index is 0.0971. The van der Waals surface area contributed by atoms with Crippen LogP contribution in [0, 0.1) is 0 Å².